The van der Waals surface area contributed by atoms with Crippen molar-refractivity contribution in [3.63, 3.8) is 0 Å². The summed E-state index contributed by atoms with van der Waals surface area (Å²) in [6.45, 7) is 4.38. The van der Waals surface area contributed by atoms with Gasteiger partial charge in [-0.05, 0) is 42.7 Å². The van der Waals surface area contributed by atoms with Gasteiger partial charge in [0.05, 0.1) is 5.92 Å². The second kappa shape index (κ2) is 6.64. The van der Waals surface area contributed by atoms with E-state index < -0.39 is 11.9 Å². The van der Waals surface area contributed by atoms with E-state index in [4.69, 9.17) is 16.7 Å². The third kappa shape index (κ3) is 3.99. The lowest BCUT2D eigenvalue weighted by Crippen LogP contribution is -2.07. The van der Waals surface area contributed by atoms with Gasteiger partial charge in [-0.3, -0.25) is 4.79 Å². The average molecular weight is 304 g/mol. The maximum Gasteiger partial charge on any atom is 0.310 e. The summed E-state index contributed by atoms with van der Waals surface area (Å²) in [5.41, 5.74) is 4.04. The average Bonchev–Trinajstić information content (AvgIpc) is 2.48. The largest absolute Gasteiger partial charge is 0.481 e. The molecule has 2 N–H and O–H groups in total. The number of benzene rings is 2. The fourth-order valence-corrected chi connectivity index (χ4v) is 2.22. The minimum absolute atomic E-state index is 0.484. The molecule has 2 aromatic carbocycles. The molecule has 0 aliphatic carbocycles. The summed E-state index contributed by atoms with van der Waals surface area (Å²) in [5, 5.41) is 13.0. The number of aliphatic carboxylic acids is 1. The molecule has 0 radical (unpaired) electrons. The molecule has 1 atom stereocenters. The van der Waals surface area contributed by atoms with Gasteiger partial charge in [0.2, 0.25) is 0 Å². The van der Waals surface area contributed by atoms with Crippen LogP contribution in [-0.4, -0.2) is 11.1 Å². The van der Waals surface area contributed by atoms with Gasteiger partial charge in [0.25, 0.3) is 0 Å². The molecule has 0 saturated heterocycles. The maximum atomic E-state index is 10.9. The van der Waals surface area contributed by atoms with Gasteiger partial charge in [0.15, 0.2) is 0 Å². The van der Waals surface area contributed by atoms with Crippen LogP contribution in [0.4, 0.5) is 5.69 Å². The lowest BCUT2D eigenvalue weighted by molar-refractivity contribution is -0.138. The van der Waals surface area contributed by atoms with Crippen LogP contribution in [0.1, 0.15) is 29.5 Å². The summed E-state index contributed by atoms with van der Waals surface area (Å²) in [6.07, 6.45) is 0. The van der Waals surface area contributed by atoms with E-state index in [0.29, 0.717) is 11.6 Å². The van der Waals surface area contributed by atoms with Crippen LogP contribution in [-0.2, 0) is 11.3 Å². The first kappa shape index (κ1) is 15.4. The summed E-state index contributed by atoms with van der Waals surface area (Å²) >= 11 is 5.99. The van der Waals surface area contributed by atoms with Crippen LogP contribution >= 0.6 is 11.6 Å². The molecule has 4 heteroatoms. The fraction of sp³-hybridized carbons (Fsp3) is 0.235. The third-order valence-electron chi connectivity index (χ3n) is 3.53. The molecule has 0 saturated carbocycles. The molecule has 0 aliphatic heterocycles. The fourth-order valence-electron chi connectivity index (χ4n) is 2.05. The number of aryl methyl sites for hydroxylation is 1. The highest BCUT2D eigenvalue weighted by Gasteiger charge is 2.12. The monoisotopic (exact) mass is 303 g/mol. The number of nitrogens with one attached hydrogen (secondary N) is 1. The van der Waals surface area contributed by atoms with Gasteiger partial charge >= 0.3 is 5.97 Å². The van der Waals surface area contributed by atoms with Crippen molar-refractivity contribution in [2.45, 2.75) is 26.3 Å². The minimum atomic E-state index is -0.810. The number of carboxylic acids is 1. The highest BCUT2D eigenvalue weighted by molar-refractivity contribution is 6.30. The lowest BCUT2D eigenvalue weighted by Gasteiger charge is -2.11. The van der Waals surface area contributed by atoms with Gasteiger partial charge in [-0.1, -0.05) is 41.9 Å². The summed E-state index contributed by atoms with van der Waals surface area (Å²) in [6, 6.07) is 13.4. The Balaban J connectivity index is 2.04. The van der Waals surface area contributed by atoms with Crippen LogP contribution in [0.5, 0.6) is 0 Å². The second-order valence-corrected chi connectivity index (χ2v) is 5.55. The molecule has 21 heavy (non-hydrogen) atoms. The molecule has 0 bridgehead atoms. The number of anilines is 1. The van der Waals surface area contributed by atoms with Crippen LogP contribution in [0, 0.1) is 6.92 Å². The summed E-state index contributed by atoms with van der Waals surface area (Å²) in [4.78, 5) is 10.9. The summed E-state index contributed by atoms with van der Waals surface area (Å²) in [7, 11) is 0. The van der Waals surface area contributed by atoms with E-state index in [-0.39, 0.29) is 0 Å². The SMILES string of the molecule is Cc1ccc(Cl)cc1NCc1ccc(C(C)C(=O)O)cc1. The number of hydrogen-bond acceptors (Lipinski definition) is 2. The third-order valence-corrected chi connectivity index (χ3v) is 3.77. The zero-order chi connectivity index (χ0) is 15.4. The molecule has 0 spiro atoms. The predicted octanol–water partition coefficient (Wildman–Crippen LogP) is 4.45. The van der Waals surface area contributed by atoms with Crippen molar-refractivity contribution in [3.8, 4) is 0 Å². The molecule has 1 unspecified atom stereocenters. The van der Waals surface area contributed by atoms with Gasteiger partial charge in [-0.2, -0.15) is 0 Å². The Morgan fingerprint density at radius 2 is 1.90 bits per heavy atom. The Hall–Kier alpha value is -2.00. The zero-order valence-electron chi connectivity index (χ0n) is 12.1. The Morgan fingerprint density at radius 3 is 2.52 bits per heavy atom. The maximum absolute atomic E-state index is 10.9. The topological polar surface area (TPSA) is 49.3 Å². The van der Waals surface area contributed by atoms with Crippen molar-refractivity contribution in [1.82, 2.24) is 0 Å². The summed E-state index contributed by atoms with van der Waals surface area (Å²) < 4.78 is 0. The molecule has 0 amide bonds. The van der Waals surface area contributed by atoms with Gasteiger partial charge in [0.1, 0.15) is 0 Å². The minimum Gasteiger partial charge on any atom is -0.481 e. The van der Waals surface area contributed by atoms with E-state index >= 15 is 0 Å². The Morgan fingerprint density at radius 1 is 1.24 bits per heavy atom. The van der Waals surface area contributed by atoms with Gasteiger partial charge < -0.3 is 10.4 Å². The number of hydrogen-bond donors (Lipinski definition) is 2. The quantitative estimate of drug-likeness (QED) is 0.858. The highest BCUT2D eigenvalue weighted by Crippen LogP contribution is 2.21. The number of carboxylic acid groups (broad SMARTS) is 1. The molecule has 0 aliphatic rings. The predicted molar refractivity (Wildman–Crippen MR) is 86.0 cm³/mol. The van der Waals surface area contributed by atoms with Crippen molar-refractivity contribution in [2.24, 2.45) is 0 Å². The van der Waals surface area contributed by atoms with E-state index in [1.807, 2.05) is 49.4 Å². The van der Waals surface area contributed by atoms with Gasteiger partial charge in [-0.25, -0.2) is 0 Å². The molecular weight excluding hydrogens is 286 g/mol. The number of rotatable bonds is 5. The van der Waals surface area contributed by atoms with Crippen LogP contribution in [0.25, 0.3) is 0 Å². The molecule has 0 heterocycles. The number of halogens is 1. The summed E-state index contributed by atoms with van der Waals surface area (Å²) in [5.74, 6) is -1.29. The lowest BCUT2D eigenvalue weighted by atomic mass is 10.00. The second-order valence-electron chi connectivity index (χ2n) is 5.11. The van der Waals surface area contributed by atoms with E-state index in [0.717, 1.165) is 22.4 Å². The van der Waals surface area contributed by atoms with Crippen LogP contribution in [0.2, 0.25) is 5.02 Å². The van der Waals surface area contributed by atoms with E-state index in [2.05, 4.69) is 5.32 Å². The molecule has 110 valence electrons. The molecule has 2 aromatic rings. The first-order valence-electron chi connectivity index (χ1n) is 6.79. The van der Waals surface area contributed by atoms with Crippen molar-refractivity contribution in [1.29, 1.82) is 0 Å². The van der Waals surface area contributed by atoms with Crippen LogP contribution < -0.4 is 5.32 Å². The van der Waals surface area contributed by atoms with E-state index in [1.54, 1.807) is 6.92 Å². The highest BCUT2D eigenvalue weighted by atomic mass is 35.5. The van der Waals surface area contributed by atoms with E-state index in [1.165, 1.54) is 0 Å². The standard InChI is InChI=1S/C17H18ClNO2/c1-11-3-8-15(18)9-16(11)19-10-13-4-6-14(7-5-13)12(2)17(20)21/h3-9,12,19H,10H2,1-2H3,(H,20,21). The first-order valence-corrected chi connectivity index (χ1v) is 7.17. The van der Waals surface area contributed by atoms with Crippen molar-refractivity contribution < 1.29 is 9.90 Å². The molecule has 0 fully saturated rings. The van der Waals surface area contributed by atoms with Crippen molar-refractivity contribution in [2.75, 3.05) is 5.32 Å². The Labute approximate surface area is 129 Å². The van der Waals surface area contributed by atoms with Gasteiger partial charge in [0, 0.05) is 17.3 Å². The molecule has 0 aromatic heterocycles. The Kier molecular flexibility index (Phi) is 4.86. The van der Waals surface area contributed by atoms with E-state index in [9.17, 15) is 4.79 Å². The molecule has 3 nitrogen and oxygen atoms in total. The Bertz CT molecular complexity index is 638. The van der Waals surface area contributed by atoms with Crippen molar-refractivity contribution in [3.05, 3.63) is 64.2 Å². The first-order chi connectivity index (χ1) is 9.97. The van der Waals surface area contributed by atoms with Gasteiger partial charge in [-0.15, -0.1) is 0 Å². The zero-order valence-corrected chi connectivity index (χ0v) is 12.8. The van der Waals surface area contributed by atoms with Crippen LogP contribution in [0.3, 0.4) is 0 Å². The van der Waals surface area contributed by atoms with Crippen molar-refractivity contribution >= 4 is 23.3 Å². The van der Waals surface area contributed by atoms with Crippen LogP contribution in [0.15, 0.2) is 42.5 Å². The normalized spacial score (nSPS) is 12.0. The number of carbonyl (C=O) groups is 1. The molecular formula is C17H18ClNO2. The smallest absolute Gasteiger partial charge is 0.310 e. The molecule has 2 rings (SSSR count).